The van der Waals surface area contributed by atoms with Crippen molar-refractivity contribution in [3.63, 3.8) is 0 Å². The van der Waals surface area contributed by atoms with E-state index >= 15 is 0 Å². The van der Waals surface area contributed by atoms with E-state index in [0.717, 1.165) is 17.1 Å². The van der Waals surface area contributed by atoms with Gasteiger partial charge in [0, 0.05) is 12.6 Å². The van der Waals surface area contributed by atoms with Crippen molar-refractivity contribution in [1.82, 2.24) is 4.90 Å². The Kier molecular flexibility index (Phi) is 5.81. The van der Waals surface area contributed by atoms with Crippen molar-refractivity contribution < 1.29 is 18.7 Å². The predicted octanol–water partition coefficient (Wildman–Crippen LogP) is 4.45. The molecule has 140 valence electrons. The summed E-state index contributed by atoms with van der Waals surface area (Å²) in [6.07, 6.45) is 0. The second kappa shape index (κ2) is 8.45. The fourth-order valence-electron chi connectivity index (χ4n) is 2.75. The summed E-state index contributed by atoms with van der Waals surface area (Å²) in [5, 5.41) is 0. The average molecular weight is 365 g/mol. The van der Waals surface area contributed by atoms with Gasteiger partial charge in [0.25, 0.3) is 5.91 Å². The minimum atomic E-state index is -0.114. The van der Waals surface area contributed by atoms with E-state index in [1.807, 2.05) is 49.4 Å². The molecule has 0 bridgehead atoms. The van der Waals surface area contributed by atoms with Gasteiger partial charge in [0.05, 0.1) is 13.7 Å². The molecule has 2 aromatic carbocycles. The van der Waals surface area contributed by atoms with E-state index in [4.69, 9.17) is 13.9 Å². The summed E-state index contributed by atoms with van der Waals surface area (Å²) in [6, 6.07) is 18.9. The number of benzene rings is 2. The van der Waals surface area contributed by atoms with Crippen molar-refractivity contribution in [3.8, 4) is 11.5 Å². The van der Waals surface area contributed by atoms with Crippen LogP contribution in [0.3, 0.4) is 0 Å². The lowest BCUT2D eigenvalue weighted by atomic mass is 10.1. The molecule has 0 aliphatic heterocycles. The zero-order valence-corrected chi connectivity index (χ0v) is 15.8. The number of hydrogen-bond donors (Lipinski definition) is 0. The molecule has 0 N–H and O–H groups in total. The van der Waals surface area contributed by atoms with Crippen LogP contribution in [0.25, 0.3) is 0 Å². The summed E-state index contributed by atoms with van der Waals surface area (Å²) in [5.74, 6) is 2.59. The number of carbonyl (C=O) groups is 1. The van der Waals surface area contributed by atoms with Gasteiger partial charge in [-0.25, -0.2) is 0 Å². The Morgan fingerprint density at radius 1 is 1.04 bits per heavy atom. The van der Waals surface area contributed by atoms with Crippen LogP contribution in [0.2, 0.25) is 0 Å². The van der Waals surface area contributed by atoms with Crippen LogP contribution in [0.15, 0.2) is 65.1 Å². The van der Waals surface area contributed by atoms with E-state index in [1.165, 1.54) is 0 Å². The van der Waals surface area contributed by atoms with Crippen LogP contribution in [-0.2, 0) is 13.2 Å². The van der Waals surface area contributed by atoms with Crippen LogP contribution in [0.4, 0.5) is 0 Å². The van der Waals surface area contributed by atoms with E-state index < -0.39 is 0 Å². The minimum absolute atomic E-state index is 0.114. The number of rotatable bonds is 7. The molecule has 5 heteroatoms. The first kappa shape index (κ1) is 18.6. The molecule has 0 atom stereocenters. The smallest absolute Gasteiger partial charge is 0.254 e. The van der Waals surface area contributed by atoms with E-state index in [1.54, 1.807) is 37.3 Å². The summed E-state index contributed by atoms with van der Waals surface area (Å²) < 4.78 is 16.8. The Morgan fingerprint density at radius 2 is 1.81 bits per heavy atom. The molecule has 3 aromatic rings. The van der Waals surface area contributed by atoms with E-state index in [-0.39, 0.29) is 5.91 Å². The van der Waals surface area contributed by atoms with Crippen molar-refractivity contribution in [2.75, 3.05) is 14.2 Å². The first-order valence-corrected chi connectivity index (χ1v) is 8.72. The first-order valence-electron chi connectivity index (χ1n) is 8.72. The molecule has 0 aliphatic carbocycles. The van der Waals surface area contributed by atoms with Gasteiger partial charge in [0.15, 0.2) is 11.5 Å². The molecule has 0 fully saturated rings. The molecule has 1 amide bonds. The van der Waals surface area contributed by atoms with Crippen molar-refractivity contribution in [1.29, 1.82) is 0 Å². The molecule has 0 spiro atoms. The monoisotopic (exact) mass is 365 g/mol. The number of furan rings is 1. The third-order valence-electron chi connectivity index (χ3n) is 4.18. The van der Waals surface area contributed by atoms with Crippen LogP contribution < -0.4 is 9.47 Å². The molecular weight excluding hydrogens is 342 g/mol. The van der Waals surface area contributed by atoms with Crippen molar-refractivity contribution in [3.05, 3.63) is 83.3 Å². The van der Waals surface area contributed by atoms with Gasteiger partial charge < -0.3 is 18.8 Å². The zero-order valence-electron chi connectivity index (χ0n) is 15.8. The highest BCUT2D eigenvalue weighted by Gasteiger charge is 2.16. The molecular formula is C22H23NO4. The number of hydrogen-bond acceptors (Lipinski definition) is 4. The van der Waals surface area contributed by atoms with Gasteiger partial charge in [0.1, 0.15) is 18.1 Å². The molecule has 0 saturated carbocycles. The molecule has 3 rings (SSSR count). The summed E-state index contributed by atoms with van der Waals surface area (Å²) in [5.41, 5.74) is 1.60. The third-order valence-corrected chi connectivity index (χ3v) is 4.18. The standard InChI is InChI=1S/C22H23NO4/c1-16-9-11-19(27-16)14-23(2)22(24)18-10-12-20(21(13-18)25-3)26-15-17-7-5-4-6-8-17/h4-13H,14-15H2,1-3H3. The fraction of sp³-hybridized carbons (Fsp3) is 0.227. The van der Waals surface area contributed by atoms with Crippen molar-refractivity contribution >= 4 is 5.91 Å². The Hall–Kier alpha value is -3.21. The summed E-state index contributed by atoms with van der Waals surface area (Å²) >= 11 is 0. The number of nitrogens with zero attached hydrogens (tertiary/aromatic N) is 1. The number of aryl methyl sites for hydroxylation is 1. The van der Waals surface area contributed by atoms with E-state index in [2.05, 4.69) is 0 Å². The van der Waals surface area contributed by atoms with Gasteiger partial charge in [-0.05, 0) is 42.8 Å². The SMILES string of the molecule is COc1cc(C(=O)N(C)Cc2ccc(C)o2)ccc1OCc1ccccc1. The highest BCUT2D eigenvalue weighted by atomic mass is 16.5. The zero-order chi connectivity index (χ0) is 19.2. The van der Waals surface area contributed by atoms with E-state index in [9.17, 15) is 4.79 Å². The van der Waals surface area contributed by atoms with Crippen LogP contribution >= 0.6 is 0 Å². The topological polar surface area (TPSA) is 51.9 Å². The fourth-order valence-corrected chi connectivity index (χ4v) is 2.75. The average Bonchev–Trinajstić information content (AvgIpc) is 3.11. The quantitative estimate of drug-likeness (QED) is 0.621. The summed E-state index contributed by atoms with van der Waals surface area (Å²) in [6.45, 7) is 2.72. The second-order valence-corrected chi connectivity index (χ2v) is 6.31. The van der Waals surface area contributed by atoms with E-state index in [0.29, 0.717) is 30.2 Å². The number of carbonyl (C=O) groups excluding carboxylic acids is 1. The molecule has 27 heavy (non-hydrogen) atoms. The largest absolute Gasteiger partial charge is 0.493 e. The van der Waals surface area contributed by atoms with Gasteiger partial charge in [-0.15, -0.1) is 0 Å². The van der Waals surface area contributed by atoms with Crippen molar-refractivity contribution in [2.24, 2.45) is 0 Å². The van der Waals surface area contributed by atoms with Gasteiger partial charge in [-0.2, -0.15) is 0 Å². The maximum absolute atomic E-state index is 12.7. The Bertz CT molecular complexity index is 902. The lowest BCUT2D eigenvalue weighted by molar-refractivity contribution is 0.0774. The van der Waals surface area contributed by atoms with Crippen LogP contribution in [0.1, 0.15) is 27.4 Å². The maximum Gasteiger partial charge on any atom is 0.254 e. The molecule has 0 radical (unpaired) electrons. The summed E-state index contributed by atoms with van der Waals surface area (Å²) in [4.78, 5) is 14.3. The predicted molar refractivity (Wildman–Crippen MR) is 103 cm³/mol. The maximum atomic E-state index is 12.7. The van der Waals surface area contributed by atoms with Crippen LogP contribution in [0.5, 0.6) is 11.5 Å². The van der Waals surface area contributed by atoms with Gasteiger partial charge in [-0.1, -0.05) is 30.3 Å². The number of ether oxygens (including phenoxy) is 2. The Balaban J connectivity index is 1.69. The third kappa shape index (κ3) is 4.70. The lowest BCUT2D eigenvalue weighted by Crippen LogP contribution is -2.26. The molecule has 5 nitrogen and oxygen atoms in total. The highest BCUT2D eigenvalue weighted by molar-refractivity contribution is 5.94. The lowest BCUT2D eigenvalue weighted by Gasteiger charge is -2.17. The number of methoxy groups -OCH3 is 1. The van der Waals surface area contributed by atoms with Crippen molar-refractivity contribution in [2.45, 2.75) is 20.1 Å². The Morgan fingerprint density at radius 3 is 2.48 bits per heavy atom. The minimum Gasteiger partial charge on any atom is -0.493 e. The molecule has 0 saturated heterocycles. The van der Waals surface area contributed by atoms with Gasteiger partial charge in [0.2, 0.25) is 0 Å². The normalized spacial score (nSPS) is 10.5. The van der Waals surface area contributed by atoms with Crippen LogP contribution in [0, 0.1) is 6.92 Å². The highest BCUT2D eigenvalue weighted by Crippen LogP contribution is 2.29. The first-order chi connectivity index (χ1) is 13.1. The van der Waals surface area contributed by atoms with Gasteiger partial charge in [-0.3, -0.25) is 4.79 Å². The molecule has 1 heterocycles. The molecule has 0 aliphatic rings. The Labute approximate surface area is 159 Å². The van der Waals surface area contributed by atoms with Gasteiger partial charge >= 0.3 is 0 Å². The number of amides is 1. The molecule has 0 unspecified atom stereocenters. The summed E-state index contributed by atoms with van der Waals surface area (Å²) in [7, 11) is 3.31. The second-order valence-electron chi connectivity index (χ2n) is 6.31. The molecule has 1 aromatic heterocycles. The van der Waals surface area contributed by atoms with Crippen LogP contribution in [-0.4, -0.2) is 25.0 Å².